The van der Waals surface area contributed by atoms with Crippen LogP contribution in [0.3, 0.4) is 0 Å². The van der Waals surface area contributed by atoms with Gasteiger partial charge in [0.25, 0.3) is 0 Å². The second-order valence-electron chi connectivity index (χ2n) is 8.17. The van der Waals surface area contributed by atoms with Gasteiger partial charge in [-0.1, -0.05) is 13.5 Å². The predicted molar refractivity (Wildman–Crippen MR) is 121 cm³/mol. The third kappa shape index (κ3) is 4.02. The summed E-state index contributed by atoms with van der Waals surface area (Å²) < 4.78 is 18.3. The normalized spacial score (nSPS) is 18.5. The molecule has 0 bridgehead atoms. The lowest BCUT2D eigenvalue weighted by Crippen LogP contribution is -2.40. The van der Waals surface area contributed by atoms with E-state index in [1.165, 1.54) is 0 Å². The molecule has 0 aromatic carbocycles. The molecule has 10 nitrogen and oxygen atoms in total. The number of halogens is 1. The Balaban J connectivity index is 1.74. The fraction of sp³-hybridized carbons (Fsp3) is 0.476. The lowest BCUT2D eigenvalue weighted by Gasteiger charge is -2.18. The van der Waals surface area contributed by atoms with E-state index in [2.05, 4.69) is 27.3 Å². The maximum atomic E-state index is 14.6. The zero-order chi connectivity index (χ0) is 23.0. The molecule has 0 radical (unpaired) electrons. The first-order valence-electron chi connectivity index (χ1n) is 10.7. The van der Waals surface area contributed by atoms with E-state index in [-0.39, 0.29) is 19.1 Å². The summed E-state index contributed by atoms with van der Waals surface area (Å²) in [5.41, 5.74) is 3.02. The molecule has 1 fully saturated rings. The molecule has 4 rings (SSSR count). The van der Waals surface area contributed by atoms with Crippen LogP contribution in [-0.2, 0) is 18.3 Å². The van der Waals surface area contributed by atoms with Gasteiger partial charge in [0.1, 0.15) is 6.17 Å². The SMILES string of the molecule is C=CC(=O)NC1CN(c2nc(Nc3cn(C)nc3CC)c3ncn(C(C)C)c3n2)CC1F. The average molecular weight is 442 g/mol. The summed E-state index contributed by atoms with van der Waals surface area (Å²) in [6.45, 7) is 9.88. The van der Waals surface area contributed by atoms with Gasteiger partial charge in [0.15, 0.2) is 17.0 Å². The second-order valence-corrected chi connectivity index (χ2v) is 8.17. The number of rotatable bonds is 7. The number of amides is 1. The van der Waals surface area contributed by atoms with Crippen LogP contribution in [0.25, 0.3) is 11.2 Å². The van der Waals surface area contributed by atoms with Gasteiger partial charge in [-0.05, 0) is 26.3 Å². The van der Waals surface area contributed by atoms with Crippen LogP contribution in [0.15, 0.2) is 25.2 Å². The highest BCUT2D eigenvalue weighted by Gasteiger charge is 2.35. The number of carbonyl (C=O) groups is 1. The topological polar surface area (TPSA) is 106 Å². The number of aryl methyl sites for hydroxylation is 2. The number of anilines is 3. The average Bonchev–Trinajstić information content (AvgIpc) is 3.44. The number of hydrogen-bond donors (Lipinski definition) is 2. The fourth-order valence-corrected chi connectivity index (χ4v) is 3.84. The molecule has 11 heteroatoms. The summed E-state index contributed by atoms with van der Waals surface area (Å²) in [6.07, 6.45) is 4.28. The minimum Gasteiger partial charge on any atom is -0.345 e. The predicted octanol–water partition coefficient (Wildman–Crippen LogP) is 2.28. The molecule has 170 valence electrons. The van der Waals surface area contributed by atoms with E-state index < -0.39 is 18.1 Å². The van der Waals surface area contributed by atoms with Crippen LogP contribution in [0.4, 0.5) is 21.8 Å². The van der Waals surface area contributed by atoms with Crippen LogP contribution in [0, 0.1) is 0 Å². The van der Waals surface area contributed by atoms with E-state index in [4.69, 9.17) is 9.97 Å². The van der Waals surface area contributed by atoms with Crippen molar-refractivity contribution in [3.05, 3.63) is 30.9 Å². The maximum absolute atomic E-state index is 14.6. The Kier molecular flexibility index (Phi) is 5.81. The molecule has 3 aromatic rings. The van der Waals surface area contributed by atoms with Gasteiger partial charge in [-0.25, -0.2) is 9.37 Å². The molecular formula is C21H28FN9O. The van der Waals surface area contributed by atoms with Crippen LogP contribution in [0.5, 0.6) is 0 Å². The number of fused-ring (bicyclic) bond motifs is 1. The maximum Gasteiger partial charge on any atom is 0.243 e. The molecule has 32 heavy (non-hydrogen) atoms. The van der Waals surface area contributed by atoms with Crippen LogP contribution < -0.4 is 15.5 Å². The first kappa shape index (κ1) is 21.7. The molecule has 1 aliphatic heterocycles. The Hall–Kier alpha value is -3.50. The highest BCUT2D eigenvalue weighted by atomic mass is 19.1. The minimum absolute atomic E-state index is 0.0793. The van der Waals surface area contributed by atoms with Crippen molar-refractivity contribution in [2.75, 3.05) is 23.3 Å². The van der Waals surface area contributed by atoms with Crippen LogP contribution in [0.2, 0.25) is 0 Å². The molecule has 3 aromatic heterocycles. The Labute approximate surface area is 185 Å². The van der Waals surface area contributed by atoms with Gasteiger partial charge in [0, 0.05) is 25.8 Å². The Morgan fingerprint density at radius 1 is 1.38 bits per heavy atom. The summed E-state index contributed by atoms with van der Waals surface area (Å²) >= 11 is 0. The number of nitrogens with one attached hydrogen (secondary N) is 2. The van der Waals surface area contributed by atoms with Gasteiger partial charge >= 0.3 is 0 Å². The van der Waals surface area contributed by atoms with Crippen molar-refractivity contribution in [3.8, 4) is 0 Å². The molecule has 0 aliphatic carbocycles. The highest BCUT2D eigenvalue weighted by molar-refractivity contribution is 5.88. The molecular weight excluding hydrogens is 413 g/mol. The quantitative estimate of drug-likeness (QED) is 0.542. The Morgan fingerprint density at radius 3 is 2.84 bits per heavy atom. The summed E-state index contributed by atoms with van der Waals surface area (Å²) in [5, 5.41) is 10.5. The number of aromatic nitrogens is 6. The molecule has 1 aliphatic rings. The van der Waals surface area contributed by atoms with Crippen LogP contribution in [0.1, 0.15) is 32.5 Å². The first-order chi connectivity index (χ1) is 15.3. The second kappa shape index (κ2) is 8.56. The molecule has 2 atom stereocenters. The Morgan fingerprint density at radius 2 is 2.16 bits per heavy atom. The van der Waals surface area contributed by atoms with E-state index in [9.17, 15) is 9.18 Å². The monoisotopic (exact) mass is 441 g/mol. The zero-order valence-electron chi connectivity index (χ0n) is 18.7. The van der Waals surface area contributed by atoms with E-state index in [0.717, 1.165) is 23.9 Å². The molecule has 2 N–H and O–H groups in total. The molecule has 0 saturated carbocycles. The van der Waals surface area contributed by atoms with Crippen molar-refractivity contribution in [1.82, 2.24) is 34.6 Å². The van der Waals surface area contributed by atoms with Gasteiger partial charge < -0.3 is 20.1 Å². The summed E-state index contributed by atoms with van der Waals surface area (Å²) in [7, 11) is 1.86. The van der Waals surface area contributed by atoms with E-state index in [1.807, 2.05) is 38.6 Å². The van der Waals surface area contributed by atoms with E-state index in [1.54, 1.807) is 15.9 Å². The smallest absolute Gasteiger partial charge is 0.243 e. The molecule has 2 unspecified atom stereocenters. The molecule has 4 heterocycles. The fourth-order valence-electron chi connectivity index (χ4n) is 3.84. The summed E-state index contributed by atoms with van der Waals surface area (Å²) in [4.78, 5) is 27.3. The number of nitrogens with zero attached hydrogens (tertiary/aromatic N) is 7. The van der Waals surface area contributed by atoms with Gasteiger partial charge in [0.05, 0.1) is 30.3 Å². The summed E-state index contributed by atoms with van der Waals surface area (Å²) in [6, 6.07) is -0.524. The first-order valence-corrected chi connectivity index (χ1v) is 10.7. The van der Waals surface area contributed by atoms with Gasteiger partial charge in [0.2, 0.25) is 11.9 Å². The third-order valence-corrected chi connectivity index (χ3v) is 5.50. The standard InChI is InChI=1S/C21H28FN9O/c1-6-14-16(9-29(5)28-14)25-19-18-20(31(11-23-18)12(3)4)27-21(26-19)30-8-13(22)15(10-30)24-17(32)7-2/h7,9,11-13,15H,2,6,8,10H2,1,3-5H3,(H,24,32)(H,25,26,27). The van der Waals surface area contributed by atoms with Crippen LogP contribution >= 0.6 is 0 Å². The third-order valence-electron chi connectivity index (χ3n) is 5.50. The Bertz CT molecular complexity index is 1150. The molecule has 1 amide bonds. The van der Waals surface area contributed by atoms with Crippen molar-refractivity contribution < 1.29 is 9.18 Å². The van der Waals surface area contributed by atoms with Crippen molar-refractivity contribution in [2.24, 2.45) is 7.05 Å². The lowest BCUT2D eigenvalue weighted by atomic mass is 10.2. The van der Waals surface area contributed by atoms with Crippen LogP contribution in [-0.4, -0.2) is 60.5 Å². The molecule has 0 spiro atoms. The van der Waals surface area contributed by atoms with E-state index >= 15 is 0 Å². The van der Waals surface area contributed by atoms with Gasteiger partial charge in [-0.3, -0.25) is 9.48 Å². The largest absolute Gasteiger partial charge is 0.345 e. The highest BCUT2D eigenvalue weighted by Crippen LogP contribution is 2.30. The number of alkyl halides is 1. The number of hydrogen-bond acceptors (Lipinski definition) is 7. The van der Waals surface area contributed by atoms with Crippen molar-refractivity contribution in [2.45, 2.75) is 45.4 Å². The summed E-state index contributed by atoms with van der Waals surface area (Å²) in [5.74, 6) is 0.503. The van der Waals surface area contributed by atoms with Crippen molar-refractivity contribution >= 4 is 34.5 Å². The molecule has 1 saturated heterocycles. The van der Waals surface area contributed by atoms with E-state index in [0.29, 0.717) is 22.9 Å². The van der Waals surface area contributed by atoms with Gasteiger partial charge in [-0.15, -0.1) is 0 Å². The lowest BCUT2D eigenvalue weighted by molar-refractivity contribution is -0.117. The zero-order valence-corrected chi connectivity index (χ0v) is 18.7. The van der Waals surface area contributed by atoms with Crippen molar-refractivity contribution in [3.63, 3.8) is 0 Å². The number of imidazole rings is 1. The minimum atomic E-state index is -1.24. The van der Waals surface area contributed by atoms with Crippen molar-refractivity contribution in [1.29, 1.82) is 0 Å². The number of carbonyl (C=O) groups excluding carboxylic acids is 1. The van der Waals surface area contributed by atoms with Gasteiger partial charge in [-0.2, -0.15) is 15.1 Å².